The monoisotopic (exact) mass is 404 g/mol. The van der Waals surface area contributed by atoms with Crippen molar-refractivity contribution in [3.63, 3.8) is 0 Å². The van der Waals surface area contributed by atoms with E-state index in [4.69, 9.17) is 0 Å². The van der Waals surface area contributed by atoms with E-state index in [1.54, 1.807) is 47.9 Å². The summed E-state index contributed by atoms with van der Waals surface area (Å²) >= 11 is 0. The van der Waals surface area contributed by atoms with Gasteiger partial charge in [-0.25, -0.2) is 4.98 Å². The van der Waals surface area contributed by atoms with Crippen LogP contribution in [0.25, 0.3) is 22.1 Å². The van der Waals surface area contributed by atoms with Gasteiger partial charge in [0.05, 0.1) is 10.9 Å². The summed E-state index contributed by atoms with van der Waals surface area (Å²) in [4.78, 5) is 42.9. The Hall–Kier alpha value is -3.88. The van der Waals surface area contributed by atoms with Crippen molar-refractivity contribution in [1.29, 1.82) is 0 Å². The first-order valence-electron chi connectivity index (χ1n) is 9.57. The van der Waals surface area contributed by atoms with Gasteiger partial charge < -0.3 is 9.88 Å². The number of nitrogens with zero attached hydrogens (tertiary/aromatic N) is 5. The molecule has 4 aromatic rings. The summed E-state index contributed by atoms with van der Waals surface area (Å²) < 4.78 is 2.90. The first-order valence-corrected chi connectivity index (χ1v) is 9.57. The summed E-state index contributed by atoms with van der Waals surface area (Å²) in [6.45, 7) is 5.82. The van der Waals surface area contributed by atoms with Crippen molar-refractivity contribution in [2.45, 2.75) is 33.4 Å². The fraction of sp³-hybridized carbons (Fsp3) is 0.238. The van der Waals surface area contributed by atoms with E-state index in [1.807, 2.05) is 13.8 Å². The molecule has 1 amide bonds. The van der Waals surface area contributed by atoms with E-state index >= 15 is 0 Å². The minimum Gasteiger partial charge on any atom is -0.340 e. The zero-order chi connectivity index (χ0) is 21.4. The molecule has 4 rings (SSSR count). The number of nitrogens with one attached hydrogen (secondary N) is 1. The Kier molecular flexibility index (Phi) is 4.86. The molecule has 1 N–H and O–H groups in total. The lowest BCUT2D eigenvalue weighted by atomic mass is 10.1. The first kappa shape index (κ1) is 19.4. The van der Waals surface area contributed by atoms with Crippen LogP contribution >= 0.6 is 0 Å². The molecule has 0 fully saturated rings. The third-order valence-corrected chi connectivity index (χ3v) is 4.92. The molecule has 0 aliphatic heterocycles. The molecule has 9 heteroatoms. The molecule has 152 valence electrons. The fourth-order valence-electron chi connectivity index (χ4n) is 3.31. The van der Waals surface area contributed by atoms with Crippen LogP contribution in [-0.2, 0) is 6.54 Å². The van der Waals surface area contributed by atoms with Crippen LogP contribution in [0.3, 0.4) is 0 Å². The smallest absolute Gasteiger partial charge is 0.271 e. The standard InChI is InChI=1S/C21H20N6O3/c1-4-26-11-15(18(28)14-10-9-12(2)22-19(14)26)20(29)23-13(3)21(30)27-17-8-6-5-7-16(17)24-25-27/h5-11,13H,4H2,1-3H3,(H,23,29)/t13-/m0/s1. The molecule has 0 radical (unpaired) electrons. The number of para-hydroxylation sites is 1. The normalized spacial score (nSPS) is 12.2. The number of carbonyl (C=O) groups is 2. The minimum atomic E-state index is -0.913. The molecule has 0 aliphatic rings. The van der Waals surface area contributed by atoms with Crippen LogP contribution in [0.5, 0.6) is 0 Å². The molecule has 30 heavy (non-hydrogen) atoms. The summed E-state index contributed by atoms with van der Waals surface area (Å²) in [6, 6.07) is 9.52. The quantitative estimate of drug-likeness (QED) is 0.556. The fourth-order valence-corrected chi connectivity index (χ4v) is 3.31. The second-order valence-electron chi connectivity index (χ2n) is 7.01. The first-order chi connectivity index (χ1) is 14.4. The summed E-state index contributed by atoms with van der Waals surface area (Å²) in [5.41, 5.74) is 1.96. The Morgan fingerprint density at radius 2 is 1.93 bits per heavy atom. The molecule has 9 nitrogen and oxygen atoms in total. The lowest BCUT2D eigenvalue weighted by Gasteiger charge is -2.14. The highest BCUT2D eigenvalue weighted by Gasteiger charge is 2.23. The van der Waals surface area contributed by atoms with Crippen molar-refractivity contribution in [3.8, 4) is 0 Å². The maximum Gasteiger partial charge on any atom is 0.271 e. The van der Waals surface area contributed by atoms with Gasteiger partial charge in [0.15, 0.2) is 0 Å². The van der Waals surface area contributed by atoms with Gasteiger partial charge >= 0.3 is 0 Å². The second-order valence-corrected chi connectivity index (χ2v) is 7.01. The Balaban J connectivity index is 1.66. The van der Waals surface area contributed by atoms with Crippen molar-refractivity contribution in [2.75, 3.05) is 0 Å². The zero-order valence-corrected chi connectivity index (χ0v) is 16.8. The van der Waals surface area contributed by atoms with Crippen LogP contribution in [0.4, 0.5) is 0 Å². The molecular formula is C21H20N6O3. The number of hydrogen-bond acceptors (Lipinski definition) is 6. The van der Waals surface area contributed by atoms with Crippen molar-refractivity contribution >= 4 is 33.9 Å². The predicted molar refractivity (Wildman–Crippen MR) is 111 cm³/mol. The highest BCUT2D eigenvalue weighted by atomic mass is 16.2. The summed E-state index contributed by atoms with van der Waals surface area (Å²) in [5.74, 6) is -1.08. The van der Waals surface area contributed by atoms with E-state index in [9.17, 15) is 14.4 Å². The van der Waals surface area contributed by atoms with E-state index < -0.39 is 23.3 Å². The van der Waals surface area contributed by atoms with Crippen molar-refractivity contribution in [1.82, 2.24) is 29.9 Å². The number of rotatable bonds is 4. The average Bonchev–Trinajstić information content (AvgIpc) is 3.17. The Morgan fingerprint density at radius 1 is 1.17 bits per heavy atom. The average molecular weight is 404 g/mol. The highest BCUT2D eigenvalue weighted by Crippen LogP contribution is 2.12. The van der Waals surface area contributed by atoms with Gasteiger partial charge in [0.25, 0.3) is 11.8 Å². The molecule has 0 bridgehead atoms. The lowest BCUT2D eigenvalue weighted by molar-refractivity contribution is 0.0804. The molecular weight excluding hydrogens is 384 g/mol. The Bertz CT molecular complexity index is 1350. The van der Waals surface area contributed by atoms with Crippen molar-refractivity contribution in [3.05, 3.63) is 64.1 Å². The van der Waals surface area contributed by atoms with Crippen LogP contribution < -0.4 is 10.7 Å². The minimum absolute atomic E-state index is 0.0434. The van der Waals surface area contributed by atoms with Gasteiger partial charge in [-0.05, 0) is 45.0 Å². The molecule has 0 saturated carbocycles. The van der Waals surface area contributed by atoms with Crippen molar-refractivity contribution in [2.24, 2.45) is 0 Å². The number of aryl methyl sites for hydroxylation is 2. The van der Waals surface area contributed by atoms with E-state index in [-0.39, 0.29) is 5.56 Å². The SMILES string of the molecule is CCn1cc(C(=O)N[C@@H](C)C(=O)n2nnc3ccccc32)c(=O)c2ccc(C)nc21. The number of carbonyl (C=O) groups excluding carboxylic acids is 2. The van der Waals surface area contributed by atoms with Gasteiger partial charge in [0.2, 0.25) is 5.43 Å². The molecule has 0 spiro atoms. The largest absolute Gasteiger partial charge is 0.340 e. The topological polar surface area (TPSA) is 112 Å². The van der Waals surface area contributed by atoms with E-state index in [0.717, 1.165) is 10.4 Å². The maximum atomic E-state index is 12.9. The number of amides is 1. The Labute approximate surface area is 171 Å². The molecule has 3 heterocycles. The van der Waals surface area contributed by atoms with Gasteiger partial charge in [-0.1, -0.05) is 17.3 Å². The van der Waals surface area contributed by atoms with Crippen LogP contribution in [0, 0.1) is 6.92 Å². The van der Waals surface area contributed by atoms with E-state index in [1.165, 1.54) is 6.20 Å². The van der Waals surface area contributed by atoms with Crippen molar-refractivity contribution < 1.29 is 9.59 Å². The maximum absolute atomic E-state index is 12.9. The zero-order valence-electron chi connectivity index (χ0n) is 16.8. The number of benzene rings is 1. The summed E-state index contributed by atoms with van der Waals surface area (Å²) in [7, 11) is 0. The van der Waals surface area contributed by atoms with Crippen LogP contribution in [0.15, 0.2) is 47.4 Å². The second kappa shape index (κ2) is 7.51. The number of fused-ring (bicyclic) bond motifs is 2. The summed E-state index contributed by atoms with van der Waals surface area (Å²) in [6.07, 6.45) is 1.48. The van der Waals surface area contributed by atoms with Crippen LogP contribution in [0.1, 0.15) is 34.7 Å². The molecule has 1 atom stereocenters. The molecule has 3 aromatic heterocycles. The van der Waals surface area contributed by atoms with Gasteiger partial charge in [-0.15, -0.1) is 5.10 Å². The highest BCUT2D eigenvalue weighted by molar-refractivity contribution is 6.00. The number of aromatic nitrogens is 5. The van der Waals surface area contributed by atoms with Gasteiger partial charge in [0.1, 0.15) is 22.8 Å². The Morgan fingerprint density at radius 3 is 2.70 bits per heavy atom. The van der Waals surface area contributed by atoms with E-state index in [0.29, 0.717) is 28.6 Å². The summed E-state index contributed by atoms with van der Waals surface area (Å²) in [5, 5.41) is 10.8. The number of pyridine rings is 2. The van der Waals surface area contributed by atoms with Gasteiger partial charge in [-0.2, -0.15) is 4.68 Å². The van der Waals surface area contributed by atoms with Gasteiger partial charge in [0, 0.05) is 18.4 Å². The lowest BCUT2D eigenvalue weighted by Crippen LogP contribution is -2.43. The molecule has 1 aromatic carbocycles. The van der Waals surface area contributed by atoms with E-state index in [2.05, 4.69) is 20.6 Å². The molecule has 0 saturated heterocycles. The van der Waals surface area contributed by atoms with Crippen LogP contribution in [0.2, 0.25) is 0 Å². The molecule has 0 aliphatic carbocycles. The third-order valence-electron chi connectivity index (χ3n) is 4.92. The number of hydrogen-bond donors (Lipinski definition) is 1. The predicted octanol–water partition coefficient (Wildman–Crippen LogP) is 1.93. The third kappa shape index (κ3) is 3.24. The van der Waals surface area contributed by atoms with Gasteiger partial charge in [-0.3, -0.25) is 14.4 Å². The van der Waals surface area contributed by atoms with Crippen LogP contribution in [-0.4, -0.2) is 42.4 Å². The molecule has 0 unspecified atom stereocenters.